The van der Waals surface area contributed by atoms with Crippen LogP contribution < -0.4 is 15.1 Å². The molecule has 0 saturated carbocycles. The van der Waals surface area contributed by atoms with Crippen molar-refractivity contribution in [2.75, 3.05) is 29.9 Å². The van der Waals surface area contributed by atoms with Gasteiger partial charge in [-0.1, -0.05) is 30.3 Å². The Balaban J connectivity index is 1.30. The standard InChI is InChI=1S/C24H26FN7O2/c1-30-20-14-21(31-11-5-6-12-31)18(25)13-17(20)9-10-19(24(30)34)26-23(33)22-27-29-32(28-22)15-16-7-3-2-4-8-16/h2-4,7-8,13-14,19H,5-6,9-12,15H2,1H3,(H,26,33)/t19-/m0/s1. The van der Waals surface area contributed by atoms with E-state index in [2.05, 4.69) is 20.7 Å². The lowest BCUT2D eigenvalue weighted by atomic mass is 10.0. The predicted octanol–water partition coefficient (Wildman–Crippen LogP) is 2.17. The number of likely N-dealkylation sites (N-methyl/N-ethyl adjacent to an activating group) is 1. The second-order valence-corrected chi connectivity index (χ2v) is 8.72. The van der Waals surface area contributed by atoms with Gasteiger partial charge in [0.25, 0.3) is 11.7 Å². The number of nitrogens with one attached hydrogen (secondary N) is 1. The first-order valence-electron chi connectivity index (χ1n) is 11.5. The Bertz CT molecular complexity index is 1210. The summed E-state index contributed by atoms with van der Waals surface area (Å²) in [7, 11) is 1.66. The largest absolute Gasteiger partial charge is 0.369 e. The van der Waals surface area contributed by atoms with Crippen LogP contribution in [0.5, 0.6) is 0 Å². The summed E-state index contributed by atoms with van der Waals surface area (Å²) in [6, 6.07) is 12.1. The molecule has 9 nitrogen and oxygen atoms in total. The lowest BCUT2D eigenvalue weighted by Crippen LogP contribution is -2.47. The monoisotopic (exact) mass is 463 g/mol. The highest BCUT2D eigenvalue weighted by Gasteiger charge is 2.32. The molecule has 1 aromatic heterocycles. The summed E-state index contributed by atoms with van der Waals surface area (Å²) in [6.45, 7) is 2.00. The first-order chi connectivity index (χ1) is 16.5. The maximum atomic E-state index is 14.8. The molecular formula is C24H26FN7O2. The van der Waals surface area contributed by atoms with Gasteiger partial charge in [0, 0.05) is 25.8 Å². The number of aromatic nitrogens is 4. The first kappa shape index (κ1) is 22.0. The van der Waals surface area contributed by atoms with E-state index in [9.17, 15) is 14.0 Å². The minimum atomic E-state index is -0.774. The summed E-state index contributed by atoms with van der Waals surface area (Å²) in [5.74, 6) is -1.21. The van der Waals surface area contributed by atoms with Crippen LogP contribution in [0, 0.1) is 5.82 Å². The zero-order valence-electron chi connectivity index (χ0n) is 18.9. The minimum absolute atomic E-state index is 0.101. The molecule has 176 valence electrons. The zero-order valence-corrected chi connectivity index (χ0v) is 18.9. The van der Waals surface area contributed by atoms with Crippen LogP contribution in [-0.2, 0) is 17.8 Å². The number of nitrogens with zero attached hydrogens (tertiary/aromatic N) is 6. The highest BCUT2D eigenvalue weighted by molar-refractivity contribution is 6.02. The lowest BCUT2D eigenvalue weighted by Gasteiger charge is -2.25. The van der Waals surface area contributed by atoms with E-state index in [-0.39, 0.29) is 17.5 Å². The predicted molar refractivity (Wildman–Crippen MR) is 124 cm³/mol. The van der Waals surface area contributed by atoms with Crippen LogP contribution in [0.2, 0.25) is 0 Å². The van der Waals surface area contributed by atoms with Crippen LogP contribution in [0.15, 0.2) is 42.5 Å². The van der Waals surface area contributed by atoms with Crippen LogP contribution >= 0.6 is 0 Å². The van der Waals surface area contributed by atoms with Gasteiger partial charge in [-0.3, -0.25) is 9.59 Å². The van der Waals surface area contributed by atoms with Gasteiger partial charge in [0.05, 0.1) is 12.2 Å². The van der Waals surface area contributed by atoms with Crippen LogP contribution in [0.4, 0.5) is 15.8 Å². The van der Waals surface area contributed by atoms with Gasteiger partial charge in [-0.15, -0.1) is 10.2 Å². The number of fused-ring (bicyclic) bond motifs is 1. The Morgan fingerprint density at radius 2 is 1.91 bits per heavy atom. The molecule has 1 saturated heterocycles. The van der Waals surface area contributed by atoms with E-state index in [1.807, 2.05) is 35.2 Å². The van der Waals surface area contributed by atoms with Crippen molar-refractivity contribution in [2.45, 2.75) is 38.3 Å². The summed E-state index contributed by atoms with van der Waals surface area (Å²) in [6.07, 6.45) is 2.87. The van der Waals surface area contributed by atoms with Crippen LogP contribution in [-0.4, -0.2) is 58.2 Å². The molecular weight excluding hydrogens is 437 g/mol. The third-order valence-corrected chi connectivity index (χ3v) is 6.42. The van der Waals surface area contributed by atoms with Crippen LogP contribution in [0.1, 0.15) is 41.0 Å². The molecule has 0 bridgehead atoms. The molecule has 1 N–H and O–H groups in total. The number of carbonyl (C=O) groups is 2. The highest BCUT2D eigenvalue weighted by Crippen LogP contribution is 2.34. The van der Waals surface area contributed by atoms with E-state index < -0.39 is 11.9 Å². The Kier molecular flexibility index (Phi) is 5.95. The quantitative estimate of drug-likeness (QED) is 0.623. The molecule has 0 spiro atoms. The van der Waals surface area contributed by atoms with Crippen molar-refractivity contribution < 1.29 is 14.0 Å². The second kappa shape index (κ2) is 9.20. The summed E-state index contributed by atoms with van der Waals surface area (Å²) in [5, 5.41) is 14.7. The number of carbonyl (C=O) groups excluding carboxylic acids is 2. The Morgan fingerprint density at radius 3 is 2.68 bits per heavy atom. The normalized spacial score (nSPS) is 18.1. The Labute approximate surface area is 196 Å². The summed E-state index contributed by atoms with van der Waals surface area (Å²) < 4.78 is 14.8. The molecule has 0 aliphatic carbocycles. The number of hydrogen-bond donors (Lipinski definition) is 1. The second-order valence-electron chi connectivity index (χ2n) is 8.72. The smallest absolute Gasteiger partial charge is 0.293 e. The molecule has 2 aliphatic heterocycles. The number of anilines is 2. The highest BCUT2D eigenvalue weighted by atomic mass is 19.1. The maximum Gasteiger partial charge on any atom is 0.293 e. The Morgan fingerprint density at radius 1 is 1.15 bits per heavy atom. The topological polar surface area (TPSA) is 96.2 Å². The molecule has 1 fully saturated rings. The molecule has 0 unspecified atom stereocenters. The van der Waals surface area contributed by atoms with Gasteiger partial charge in [0.2, 0.25) is 5.91 Å². The summed E-state index contributed by atoms with van der Waals surface area (Å²) in [4.78, 5) is 30.8. The third kappa shape index (κ3) is 4.35. The summed E-state index contributed by atoms with van der Waals surface area (Å²) in [5.41, 5.74) is 2.93. The summed E-state index contributed by atoms with van der Waals surface area (Å²) >= 11 is 0. The maximum absolute atomic E-state index is 14.8. The zero-order chi connectivity index (χ0) is 23.7. The van der Waals surface area contributed by atoms with Crippen molar-refractivity contribution in [3.63, 3.8) is 0 Å². The van der Waals surface area contributed by atoms with Gasteiger partial charge in [-0.25, -0.2) is 4.39 Å². The molecule has 3 heterocycles. The van der Waals surface area contributed by atoms with E-state index >= 15 is 0 Å². The van der Waals surface area contributed by atoms with Crippen molar-refractivity contribution in [2.24, 2.45) is 0 Å². The minimum Gasteiger partial charge on any atom is -0.369 e. The van der Waals surface area contributed by atoms with Crippen molar-refractivity contribution in [3.05, 3.63) is 65.2 Å². The van der Waals surface area contributed by atoms with E-state index in [1.165, 1.54) is 15.8 Å². The number of halogens is 1. The van der Waals surface area contributed by atoms with Gasteiger partial charge in [0.1, 0.15) is 11.9 Å². The fourth-order valence-corrected chi connectivity index (χ4v) is 4.59. The fraction of sp³-hybridized carbons (Fsp3) is 0.375. The molecule has 2 amide bonds. The molecule has 1 atom stereocenters. The molecule has 2 aliphatic rings. The number of amides is 2. The molecule has 34 heavy (non-hydrogen) atoms. The average molecular weight is 464 g/mol. The van der Waals surface area contributed by atoms with E-state index in [1.54, 1.807) is 13.1 Å². The van der Waals surface area contributed by atoms with Crippen molar-refractivity contribution in [1.82, 2.24) is 25.5 Å². The van der Waals surface area contributed by atoms with Crippen molar-refractivity contribution in [3.8, 4) is 0 Å². The third-order valence-electron chi connectivity index (χ3n) is 6.42. The number of benzene rings is 2. The fourth-order valence-electron chi connectivity index (χ4n) is 4.59. The van der Waals surface area contributed by atoms with Gasteiger partial charge >= 0.3 is 0 Å². The van der Waals surface area contributed by atoms with Crippen LogP contribution in [0.3, 0.4) is 0 Å². The molecule has 0 radical (unpaired) electrons. The van der Waals surface area contributed by atoms with Crippen molar-refractivity contribution in [1.29, 1.82) is 0 Å². The Hall–Kier alpha value is -3.82. The van der Waals surface area contributed by atoms with E-state index in [0.717, 1.165) is 37.1 Å². The van der Waals surface area contributed by atoms with Crippen molar-refractivity contribution >= 4 is 23.2 Å². The molecule has 2 aromatic carbocycles. The molecule has 3 aromatic rings. The van der Waals surface area contributed by atoms with Gasteiger partial charge in [0.15, 0.2) is 0 Å². The van der Waals surface area contributed by atoms with E-state index in [0.29, 0.717) is 30.8 Å². The number of tetrazole rings is 1. The SMILES string of the molecule is CN1C(=O)[C@@H](NC(=O)c2nnn(Cc3ccccc3)n2)CCc2cc(F)c(N3CCCC3)cc21. The van der Waals surface area contributed by atoms with Crippen LogP contribution in [0.25, 0.3) is 0 Å². The molecule has 10 heteroatoms. The lowest BCUT2D eigenvalue weighted by molar-refractivity contribution is -0.120. The first-order valence-corrected chi connectivity index (χ1v) is 11.5. The van der Waals surface area contributed by atoms with Gasteiger partial charge in [-0.2, -0.15) is 4.80 Å². The number of rotatable bonds is 5. The number of aryl methyl sites for hydroxylation is 1. The average Bonchev–Trinajstić information content (AvgIpc) is 3.52. The van der Waals surface area contributed by atoms with E-state index in [4.69, 9.17) is 0 Å². The van der Waals surface area contributed by atoms with Gasteiger partial charge in [-0.05, 0) is 54.2 Å². The number of hydrogen-bond acceptors (Lipinski definition) is 6. The molecule has 5 rings (SSSR count). The van der Waals surface area contributed by atoms with Gasteiger partial charge < -0.3 is 15.1 Å².